The third-order valence-electron chi connectivity index (χ3n) is 4.01. The first-order valence-corrected chi connectivity index (χ1v) is 9.36. The number of nitrogens with two attached hydrogens (primary N) is 1. The van der Waals surface area contributed by atoms with E-state index in [4.69, 9.17) is 10.5 Å². The number of piperidine rings is 1. The molecule has 146 valence electrons. The molecule has 1 fully saturated rings. The van der Waals surface area contributed by atoms with Crippen LogP contribution in [-0.2, 0) is 4.74 Å². The minimum atomic E-state index is -0.457. The van der Waals surface area contributed by atoms with Crippen LogP contribution in [0.5, 0.6) is 0 Å². The molecule has 6 heteroatoms. The van der Waals surface area contributed by atoms with Gasteiger partial charge < -0.3 is 20.7 Å². The van der Waals surface area contributed by atoms with Gasteiger partial charge in [-0.05, 0) is 57.7 Å². The van der Waals surface area contributed by atoms with Crippen LogP contribution in [-0.4, -0.2) is 42.1 Å². The van der Waals surface area contributed by atoms with Crippen LogP contribution in [0.4, 0.5) is 10.5 Å². The summed E-state index contributed by atoms with van der Waals surface area (Å²) in [7, 11) is 0. The van der Waals surface area contributed by atoms with E-state index in [1.807, 2.05) is 46.8 Å². The number of anilines is 1. The first-order chi connectivity index (χ1) is 12.2. The van der Waals surface area contributed by atoms with Crippen LogP contribution in [0.15, 0.2) is 24.3 Å². The number of nitrogens with one attached hydrogen (secondary N) is 1. The fourth-order valence-corrected chi connectivity index (χ4v) is 2.69. The Morgan fingerprint density at radius 1 is 1.23 bits per heavy atom. The molecule has 1 aliphatic heterocycles. The average molecular weight is 364 g/mol. The highest BCUT2D eigenvalue weighted by atomic mass is 16.6. The van der Waals surface area contributed by atoms with Gasteiger partial charge in [-0.1, -0.05) is 19.9 Å². The molecule has 0 atom stereocenters. The van der Waals surface area contributed by atoms with E-state index < -0.39 is 11.5 Å². The van der Waals surface area contributed by atoms with E-state index in [2.05, 4.69) is 5.32 Å². The van der Waals surface area contributed by atoms with Gasteiger partial charge in [0.15, 0.2) is 0 Å². The predicted octanol–water partition coefficient (Wildman–Crippen LogP) is 3.87. The summed E-state index contributed by atoms with van der Waals surface area (Å²) in [6.45, 7) is 11.9. The number of nitrogens with zero attached hydrogens (tertiary/aromatic N) is 1. The molecule has 26 heavy (non-hydrogen) atoms. The highest BCUT2D eigenvalue weighted by Crippen LogP contribution is 2.20. The van der Waals surface area contributed by atoms with Crippen LogP contribution in [0.3, 0.4) is 0 Å². The van der Waals surface area contributed by atoms with Crippen LogP contribution in [0, 0.1) is 5.92 Å². The Hall–Kier alpha value is -2.24. The highest BCUT2D eigenvalue weighted by molar-refractivity contribution is 5.93. The lowest BCUT2D eigenvalue weighted by atomic mass is 9.97. The van der Waals surface area contributed by atoms with E-state index in [0.717, 1.165) is 25.1 Å². The Kier molecular flexibility index (Phi) is 8.42. The lowest BCUT2D eigenvalue weighted by Crippen LogP contribution is -2.42. The quantitative estimate of drug-likeness (QED) is 0.850. The molecular weight excluding hydrogens is 330 g/mol. The lowest BCUT2D eigenvalue weighted by Gasteiger charge is -2.33. The summed E-state index contributed by atoms with van der Waals surface area (Å²) in [5.74, 6) is 0.0604. The summed E-state index contributed by atoms with van der Waals surface area (Å²) < 4.78 is 5.40. The number of likely N-dealkylation sites (tertiary alicyclic amines) is 1. The van der Waals surface area contributed by atoms with Gasteiger partial charge in [-0.15, -0.1) is 0 Å². The molecule has 0 aliphatic carbocycles. The van der Waals surface area contributed by atoms with Crippen LogP contribution in [0.25, 0.3) is 0 Å². The summed E-state index contributed by atoms with van der Waals surface area (Å²) in [5, 5.41) is 3.35. The van der Waals surface area contributed by atoms with Crippen LogP contribution < -0.4 is 11.1 Å². The van der Waals surface area contributed by atoms with E-state index in [9.17, 15) is 9.59 Å². The monoisotopic (exact) mass is 363 g/mol. The molecule has 2 amide bonds. The largest absolute Gasteiger partial charge is 0.444 e. The number of hydrogen-bond acceptors (Lipinski definition) is 4. The first kappa shape index (κ1) is 21.8. The molecule has 1 aromatic carbocycles. The topological polar surface area (TPSA) is 84.7 Å². The molecule has 2 rings (SSSR count). The molecule has 6 nitrogen and oxygen atoms in total. The Balaban J connectivity index is 0.00000163. The Morgan fingerprint density at radius 3 is 2.38 bits per heavy atom. The van der Waals surface area contributed by atoms with E-state index in [0.29, 0.717) is 24.6 Å². The van der Waals surface area contributed by atoms with Crippen molar-refractivity contribution in [3.63, 3.8) is 0 Å². The first-order valence-electron chi connectivity index (χ1n) is 9.36. The smallest absolute Gasteiger partial charge is 0.410 e. The predicted molar refractivity (Wildman–Crippen MR) is 105 cm³/mol. The SMILES string of the molecule is CC.CC(C)(C)OC(=O)N1CCC(CNc2cccc(C(N)=O)c2)CC1. The molecule has 1 aliphatic rings. The summed E-state index contributed by atoms with van der Waals surface area (Å²) in [6, 6.07) is 7.20. The Morgan fingerprint density at radius 2 is 1.85 bits per heavy atom. The standard InChI is InChI=1S/C18H27N3O3.C2H6/c1-18(2,3)24-17(23)21-9-7-13(8-10-21)12-20-15-6-4-5-14(11-15)16(19)22;1-2/h4-6,11,13,20H,7-10,12H2,1-3H3,(H2,19,22);1-2H3. The van der Waals surface area contributed by atoms with Crippen molar-refractivity contribution in [2.75, 3.05) is 25.0 Å². The minimum absolute atomic E-state index is 0.233. The fourth-order valence-electron chi connectivity index (χ4n) is 2.69. The second-order valence-electron chi connectivity index (χ2n) is 7.24. The molecular formula is C20H33N3O3. The van der Waals surface area contributed by atoms with Gasteiger partial charge in [0.25, 0.3) is 0 Å². The molecule has 0 saturated carbocycles. The van der Waals surface area contributed by atoms with Gasteiger partial charge in [0.1, 0.15) is 5.60 Å². The van der Waals surface area contributed by atoms with E-state index in [-0.39, 0.29) is 6.09 Å². The minimum Gasteiger partial charge on any atom is -0.444 e. The van der Waals surface area contributed by atoms with Crippen LogP contribution in [0.2, 0.25) is 0 Å². The summed E-state index contributed by atoms with van der Waals surface area (Å²) in [6.07, 6.45) is 1.63. The number of benzene rings is 1. The van der Waals surface area contributed by atoms with Crippen molar-refractivity contribution >= 4 is 17.7 Å². The third kappa shape index (κ3) is 7.33. The second-order valence-corrected chi connectivity index (χ2v) is 7.24. The number of hydrogen-bond donors (Lipinski definition) is 2. The molecule has 0 radical (unpaired) electrons. The summed E-state index contributed by atoms with van der Waals surface area (Å²) >= 11 is 0. The van der Waals surface area contributed by atoms with Gasteiger partial charge in [0, 0.05) is 30.9 Å². The maximum Gasteiger partial charge on any atom is 0.410 e. The van der Waals surface area contributed by atoms with Crippen molar-refractivity contribution in [1.82, 2.24) is 4.90 Å². The van der Waals surface area contributed by atoms with Gasteiger partial charge >= 0.3 is 6.09 Å². The Bertz CT molecular complexity index is 588. The van der Waals surface area contributed by atoms with Crippen molar-refractivity contribution in [1.29, 1.82) is 0 Å². The molecule has 1 aromatic rings. The molecule has 1 saturated heterocycles. The Labute approximate surface area is 157 Å². The van der Waals surface area contributed by atoms with Crippen molar-refractivity contribution in [2.24, 2.45) is 11.7 Å². The summed E-state index contributed by atoms with van der Waals surface area (Å²) in [5.41, 5.74) is 6.22. The average Bonchev–Trinajstić information content (AvgIpc) is 2.61. The van der Waals surface area contributed by atoms with Crippen molar-refractivity contribution in [3.05, 3.63) is 29.8 Å². The lowest BCUT2D eigenvalue weighted by molar-refractivity contribution is 0.0188. The fraction of sp³-hybridized carbons (Fsp3) is 0.600. The third-order valence-corrected chi connectivity index (χ3v) is 4.01. The summed E-state index contributed by atoms with van der Waals surface area (Å²) in [4.78, 5) is 25.0. The maximum atomic E-state index is 12.0. The van der Waals surface area contributed by atoms with Crippen molar-refractivity contribution in [2.45, 2.75) is 53.1 Å². The van der Waals surface area contributed by atoms with Crippen LogP contribution >= 0.6 is 0 Å². The van der Waals surface area contributed by atoms with Gasteiger partial charge in [-0.2, -0.15) is 0 Å². The van der Waals surface area contributed by atoms with Crippen LogP contribution in [0.1, 0.15) is 57.8 Å². The normalized spacial score (nSPS) is 14.9. The number of ether oxygens (including phenoxy) is 1. The molecule has 1 heterocycles. The van der Waals surface area contributed by atoms with Gasteiger partial charge in [0.05, 0.1) is 0 Å². The molecule has 3 N–H and O–H groups in total. The molecule has 0 aromatic heterocycles. The zero-order chi connectivity index (χ0) is 19.7. The number of carbonyl (C=O) groups excluding carboxylic acids is 2. The van der Waals surface area contributed by atoms with E-state index in [1.165, 1.54) is 0 Å². The van der Waals surface area contributed by atoms with Gasteiger partial charge in [-0.25, -0.2) is 4.79 Å². The number of amides is 2. The molecule has 0 bridgehead atoms. The van der Waals surface area contributed by atoms with Gasteiger partial charge in [0.2, 0.25) is 5.91 Å². The molecule has 0 spiro atoms. The maximum absolute atomic E-state index is 12.0. The van der Waals surface area contributed by atoms with Gasteiger partial charge in [-0.3, -0.25) is 4.79 Å². The zero-order valence-corrected chi connectivity index (χ0v) is 16.7. The number of rotatable bonds is 4. The number of primary amides is 1. The number of carbonyl (C=O) groups is 2. The van der Waals surface area contributed by atoms with Crippen molar-refractivity contribution in [3.8, 4) is 0 Å². The van der Waals surface area contributed by atoms with E-state index >= 15 is 0 Å². The molecule has 0 unspecified atom stereocenters. The highest BCUT2D eigenvalue weighted by Gasteiger charge is 2.26. The zero-order valence-electron chi connectivity index (χ0n) is 16.7. The second kappa shape index (κ2) is 10.0. The van der Waals surface area contributed by atoms with E-state index in [1.54, 1.807) is 17.0 Å². The van der Waals surface area contributed by atoms with Crippen molar-refractivity contribution < 1.29 is 14.3 Å².